The number of nitrogens with zero attached hydrogens (tertiary/aromatic N) is 2. The van der Waals surface area contributed by atoms with Crippen LogP contribution >= 0.6 is 35.6 Å². The molecular weight excluding hydrogens is 515 g/mol. The maximum atomic E-state index is 12.0. The highest BCUT2D eigenvalue weighted by Gasteiger charge is 2.27. The quantitative estimate of drug-likeness (QED) is 0.278. The Morgan fingerprint density at radius 2 is 1.96 bits per heavy atom. The number of aliphatic hydroxyl groups is 1. The van der Waals surface area contributed by atoms with Crippen LogP contribution in [0.2, 0.25) is 5.02 Å². The third-order valence-corrected chi connectivity index (χ3v) is 6.81. The molecule has 0 aliphatic carbocycles. The van der Waals surface area contributed by atoms with E-state index in [1.54, 1.807) is 23.4 Å². The fourth-order valence-corrected chi connectivity index (χ4v) is 4.39. The van der Waals surface area contributed by atoms with Gasteiger partial charge in [-0.3, -0.25) is 4.99 Å². The average molecular weight is 545 g/mol. The highest BCUT2D eigenvalue weighted by atomic mass is 127. The summed E-state index contributed by atoms with van der Waals surface area (Å²) in [5.41, 5.74) is 0.650. The lowest BCUT2D eigenvalue weighted by Crippen LogP contribution is -2.50. The second kappa shape index (κ2) is 12.2. The summed E-state index contributed by atoms with van der Waals surface area (Å²) in [6, 6.07) is 7.32. The zero-order valence-electron chi connectivity index (χ0n) is 16.3. The molecule has 2 rings (SSSR count). The predicted molar refractivity (Wildman–Crippen MR) is 125 cm³/mol. The molecule has 0 spiro atoms. The van der Waals surface area contributed by atoms with Crippen molar-refractivity contribution in [1.29, 1.82) is 0 Å². The molecule has 0 bridgehead atoms. The molecular formula is C18H30ClIN4O3S. The Balaban J connectivity index is 0.00000392. The zero-order chi connectivity index (χ0) is 19.9. The Bertz CT molecular complexity index is 740. The number of aliphatic hydroxyl groups excluding tert-OH is 1. The summed E-state index contributed by atoms with van der Waals surface area (Å²) in [4.78, 5) is 4.46. The van der Waals surface area contributed by atoms with Gasteiger partial charge in [0.2, 0.25) is 10.0 Å². The van der Waals surface area contributed by atoms with Crippen LogP contribution in [0.15, 0.2) is 29.3 Å². The Morgan fingerprint density at radius 1 is 1.32 bits per heavy atom. The van der Waals surface area contributed by atoms with Crippen LogP contribution in [0.1, 0.15) is 38.4 Å². The van der Waals surface area contributed by atoms with Crippen molar-refractivity contribution in [2.24, 2.45) is 4.99 Å². The van der Waals surface area contributed by atoms with E-state index in [4.69, 9.17) is 11.6 Å². The Hall–Kier alpha value is -0.620. The van der Waals surface area contributed by atoms with Crippen molar-refractivity contribution in [3.8, 4) is 0 Å². The van der Waals surface area contributed by atoms with E-state index in [-0.39, 0.29) is 42.3 Å². The van der Waals surface area contributed by atoms with E-state index < -0.39 is 16.1 Å². The molecule has 1 aliphatic heterocycles. The molecule has 1 saturated heterocycles. The van der Waals surface area contributed by atoms with Gasteiger partial charge in [-0.1, -0.05) is 29.8 Å². The molecule has 1 aromatic rings. The van der Waals surface area contributed by atoms with Crippen molar-refractivity contribution < 1.29 is 13.5 Å². The molecule has 28 heavy (non-hydrogen) atoms. The highest BCUT2D eigenvalue weighted by molar-refractivity contribution is 14.0. The standard InChI is InChI=1S/C18H29ClN4O3S.HI/c1-3-20-18(21-13-17(24)15-7-5-6-8-16(15)19)22-14-9-11-23(12-10-14)27(25,26)4-2;/h5-8,14,17,24H,3-4,9-13H2,1-2H3,(H2,20,21,22);1H. The molecule has 1 atom stereocenters. The molecule has 1 heterocycles. The monoisotopic (exact) mass is 544 g/mol. The van der Waals surface area contributed by atoms with Gasteiger partial charge in [0.05, 0.1) is 12.3 Å². The molecule has 1 aliphatic rings. The van der Waals surface area contributed by atoms with Gasteiger partial charge in [0, 0.05) is 36.3 Å². The molecule has 0 amide bonds. The van der Waals surface area contributed by atoms with E-state index >= 15 is 0 Å². The van der Waals surface area contributed by atoms with Gasteiger partial charge in [0.25, 0.3) is 0 Å². The molecule has 10 heteroatoms. The molecule has 0 saturated carbocycles. The van der Waals surface area contributed by atoms with Crippen molar-refractivity contribution in [3.63, 3.8) is 0 Å². The lowest BCUT2D eigenvalue weighted by Gasteiger charge is -2.32. The van der Waals surface area contributed by atoms with Crippen LogP contribution in [-0.4, -0.2) is 61.8 Å². The van der Waals surface area contributed by atoms with E-state index in [1.807, 2.05) is 19.1 Å². The van der Waals surface area contributed by atoms with E-state index in [1.165, 1.54) is 0 Å². The van der Waals surface area contributed by atoms with Gasteiger partial charge in [-0.15, -0.1) is 24.0 Å². The minimum absolute atomic E-state index is 0. The van der Waals surface area contributed by atoms with Crippen LogP contribution in [0.5, 0.6) is 0 Å². The molecule has 1 unspecified atom stereocenters. The number of halogens is 2. The Kier molecular flexibility index (Phi) is 11.0. The smallest absolute Gasteiger partial charge is 0.213 e. The summed E-state index contributed by atoms with van der Waals surface area (Å²) in [5.74, 6) is 0.746. The van der Waals surface area contributed by atoms with E-state index in [0.29, 0.717) is 36.2 Å². The van der Waals surface area contributed by atoms with Crippen LogP contribution in [-0.2, 0) is 10.0 Å². The molecule has 0 radical (unpaired) electrons. The molecule has 1 fully saturated rings. The van der Waals surface area contributed by atoms with Crippen LogP contribution in [0.25, 0.3) is 0 Å². The first kappa shape index (κ1) is 25.4. The summed E-state index contributed by atoms with van der Waals surface area (Å²) in [7, 11) is -3.13. The third kappa shape index (κ3) is 7.33. The minimum Gasteiger partial charge on any atom is -0.386 e. The molecule has 160 valence electrons. The lowest BCUT2D eigenvalue weighted by atomic mass is 10.1. The van der Waals surface area contributed by atoms with Crippen LogP contribution in [0.4, 0.5) is 0 Å². The highest BCUT2D eigenvalue weighted by Crippen LogP contribution is 2.22. The van der Waals surface area contributed by atoms with Gasteiger partial charge in [-0.2, -0.15) is 0 Å². The average Bonchev–Trinajstić information content (AvgIpc) is 2.67. The van der Waals surface area contributed by atoms with Crippen LogP contribution < -0.4 is 10.6 Å². The van der Waals surface area contributed by atoms with Crippen molar-refractivity contribution in [2.45, 2.75) is 38.8 Å². The largest absolute Gasteiger partial charge is 0.386 e. The van der Waals surface area contributed by atoms with Crippen molar-refractivity contribution >= 4 is 51.6 Å². The predicted octanol–water partition coefficient (Wildman–Crippen LogP) is 2.36. The topological polar surface area (TPSA) is 94.0 Å². The maximum absolute atomic E-state index is 12.0. The van der Waals surface area contributed by atoms with Gasteiger partial charge >= 0.3 is 0 Å². The summed E-state index contributed by atoms with van der Waals surface area (Å²) in [6.45, 7) is 5.53. The Labute approximate surface area is 190 Å². The van der Waals surface area contributed by atoms with Crippen molar-refractivity contribution in [2.75, 3.05) is 31.9 Å². The SMILES string of the molecule is CCNC(=NCC(O)c1ccccc1Cl)NC1CCN(S(=O)(=O)CC)CC1.I. The molecule has 7 nitrogen and oxygen atoms in total. The first-order valence-electron chi connectivity index (χ1n) is 9.32. The second-order valence-corrected chi connectivity index (χ2v) is 9.14. The van der Waals surface area contributed by atoms with Gasteiger partial charge < -0.3 is 15.7 Å². The van der Waals surface area contributed by atoms with Crippen molar-refractivity contribution in [1.82, 2.24) is 14.9 Å². The first-order chi connectivity index (χ1) is 12.9. The van der Waals surface area contributed by atoms with E-state index in [9.17, 15) is 13.5 Å². The molecule has 0 aromatic heterocycles. The summed E-state index contributed by atoms with van der Waals surface area (Å²) in [5, 5.41) is 17.4. The number of benzene rings is 1. The normalized spacial score (nSPS) is 17.6. The summed E-state index contributed by atoms with van der Waals surface area (Å²) in [6.07, 6.45) is 0.652. The lowest BCUT2D eigenvalue weighted by molar-refractivity contribution is 0.187. The fraction of sp³-hybridized carbons (Fsp3) is 0.611. The summed E-state index contributed by atoms with van der Waals surface area (Å²) < 4.78 is 25.5. The number of sulfonamides is 1. The maximum Gasteiger partial charge on any atom is 0.213 e. The number of nitrogens with one attached hydrogen (secondary N) is 2. The van der Waals surface area contributed by atoms with Crippen LogP contribution in [0.3, 0.4) is 0 Å². The number of hydrogen-bond acceptors (Lipinski definition) is 4. The number of aliphatic imine (C=N–C) groups is 1. The Morgan fingerprint density at radius 3 is 2.54 bits per heavy atom. The van der Waals surface area contributed by atoms with E-state index in [0.717, 1.165) is 12.8 Å². The number of rotatable bonds is 7. The second-order valence-electron chi connectivity index (χ2n) is 6.48. The third-order valence-electron chi connectivity index (χ3n) is 4.58. The number of piperidine rings is 1. The minimum atomic E-state index is -3.13. The van der Waals surface area contributed by atoms with Gasteiger partial charge in [-0.05, 0) is 32.8 Å². The summed E-state index contributed by atoms with van der Waals surface area (Å²) >= 11 is 6.12. The molecule has 3 N–H and O–H groups in total. The molecule has 1 aromatic carbocycles. The zero-order valence-corrected chi connectivity index (χ0v) is 20.2. The van der Waals surface area contributed by atoms with Gasteiger partial charge in [-0.25, -0.2) is 12.7 Å². The first-order valence-corrected chi connectivity index (χ1v) is 11.3. The number of hydrogen-bond donors (Lipinski definition) is 3. The van der Waals surface area contributed by atoms with Gasteiger partial charge in [0.15, 0.2) is 5.96 Å². The number of guanidine groups is 1. The fourth-order valence-electron chi connectivity index (χ4n) is 3.00. The van der Waals surface area contributed by atoms with E-state index in [2.05, 4.69) is 15.6 Å². The van der Waals surface area contributed by atoms with Crippen molar-refractivity contribution in [3.05, 3.63) is 34.9 Å². The van der Waals surface area contributed by atoms with Gasteiger partial charge in [0.1, 0.15) is 6.10 Å². The van der Waals surface area contributed by atoms with Crippen LogP contribution in [0, 0.1) is 0 Å².